The lowest BCUT2D eigenvalue weighted by molar-refractivity contribution is 0.262. The fraction of sp³-hybridized carbons (Fsp3) is 0. The van der Waals surface area contributed by atoms with Crippen LogP contribution in [0.25, 0.3) is 0 Å². The smallest absolute Gasteiger partial charge is 0.307 e. The topological polar surface area (TPSA) is 66.9 Å². The molecule has 0 radical (unpaired) electrons. The van der Waals surface area contributed by atoms with Crippen LogP contribution in [0.4, 0.5) is 20.7 Å². The number of nitrogens with one attached hydrogen (secondary N) is 2. The lowest BCUT2D eigenvalue weighted by Gasteiger charge is -2.07. The monoisotopic (exact) mass is 300 g/mol. The molecule has 2 aromatic heterocycles. The van der Waals surface area contributed by atoms with Gasteiger partial charge < -0.3 is 5.32 Å². The predicted molar refractivity (Wildman–Crippen MR) is 71.1 cm³/mol. The number of carbonyl (C=O) groups excluding carboxylic acids is 1. The molecule has 0 fully saturated rings. The van der Waals surface area contributed by atoms with Crippen LogP contribution >= 0.6 is 23.2 Å². The summed E-state index contributed by atoms with van der Waals surface area (Å²) in [6, 6.07) is 6.30. The van der Waals surface area contributed by atoms with Gasteiger partial charge in [-0.15, -0.1) is 0 Å². The van der Waals surface area contributed by atoms with E-state index in [0.29, 0.717) is 5.69 Å². The Morgan fingerprint density at radius 1 is 1.11 bits per heavy atom. The van der Waals surface area contributed by atoms with Gasteiger partial charge in [-0.2, -0.15) is 4.39 Å². The molecule has 0 bridgehead atoms. The van der Waals surface area contributed by atoms with E-state index in [1.165, 1.54) is 30.3 Å². The lowest BCUT2D eigenvalue weighted by Crippen LogP contribution is -2.20. The Morgan fingerprint density at radius 2 is 1.79 bits per heavy atom. The van der Waals surface area contributed by atoms with Gasteiger partial charge in [0.1, 0.15) is 16.1 Å². The molecule has 2 heterocycles. The van der Waals surface area contributed by atoms with Gasteiger partial charge in [0.2, 0.25) is 5.95 Å². The number of amides is 2. The predicted octanol–water partition coefficient (Wildman–Crippen LogP) is 3.57. The van der Waals surface area contributed by atoms with Gasteiger partial charge in [0.25, 0.3) is 0 Å². The summed E-state index contributed by atoms with van der Waals surface area (Å²) in [5.74, 6) is -0.600. The van der Waals surface area contributed by atoms with Gasteiger partial charge in [0, 0.05) is 5.69 Å². The van der Waals surface area contributed by atoms with Crippen LogP contribution in [0.15, 0.2) is 30.3 Å². The van der Waals surface area contributed by atoms with Gasteiger partial charge in [-0.25, -0.2) is 14.8 Å². The van der Waals surface area contributed by atoms with Crippen LogP contribution in [-0.4, -0.2) is 16.0 Å². The number of pyridine rings is 2. The Kier molecular flexibility index (Phi) is 4.13. The third-order valence-electron chi connectivity index (χ3n) is 1.98. The largest absolute Gasteiger partial charge is 0.324 e. The number of anilines is 2. The van der Waals surface area contributed by atoms with Crippen molar-refractivity contribution in [3.8, 4) is 0 Å². The quantitative estimate of drug-likeness (QED) is 0.833. The van der Waals surface area contributed by atoms with Crippen LogP contribution in [0.1, 0.15) is 0 Å². The molecule has 19 heavy (non-hydrogen) atoms. The molecule has 0 aromatic carbocycles. The summed E-state index contributed by atoms with van der Waals surface area (Å²) in [5, 5.41) is 5.12. The third kappa shape index (κ3) is 4.04. The Labute approximate surface area is 117 Å². The molecule has 0 aliphatic rings. The minimum Gasteiger partial charge on any atom is -0.307 e. The second kappa shape index (κ2) is 5.81. The molecule has 2 aromatic rings. The molecule has 0 spiro atoms. The first kappa shape index (κ1) is 13.5. The van der Waals surface area contributed by atoms with Gasteiger partial charge >= 0.3 is 6.03 Å². The molecule has 0 unspecified atom stereocenters. The minimum absolute atomic E-state index is 0.0868. The first-order valence-corrected chi connectivity index (χ1v) is 5.82. The summed E-state index contributed by atoms with van der Waals surface area (Å²) in [6.07, 6.45) is 0. The number of hydrogen-bond donors (Lipinski definition) is 2. The molecule has 98 valence electrons. The summed E-state index contributed by atoms with van der Waals surface area (Å²) in [7, 11) is 0. The van der Waals surface area contributed by atoms with Crippen LogP contribution in [0, 0.1) is 5.95 Å². The van der Waals surface area contributed by atoms with Gasteiger partial charge in [-0.3, -0.25) is 5.32 Å². The third-order valence-corrected chi connectivity index (χ3v) is 2.36. The van der Waals surface area contributed by atoms with E-state index in [2.05, 4.69) is 20.6 Å². The van der Waals surface area contributed by atoms with E-state index in [4.69, 9.17) is 23.2 Å². The molecule has 0 atom stereocenters. The van der Waals surface area contributed by atoms with Crippen molar-refractivity contribution in [1.29, 1.82) is 0 Å². The molecular formula is C11H7Cl2FN4O. The van der Waals surface area contributed by atoms with Gasteiger partial charge in [-0.05, 0) is 24.3 Å². The van der Waals surface area contributed by atoms with E-state index in [1.54, 1.807) is 0 Å². The van der Waals surface area contributed by atoms with Crippen molar-refractivity contribution < 1.29 is 9.18 Å². The van der Waals surface area contributed by atoms with Crippen molar-refractivity contribution in [2.75, 3.05) is 10.6 Å². The number of aromatic nitrogens is 2. The maximum Gasteiger partial charge on any atom is 0.324 e. The van der Waals surface area contributed by atoms with E-state index in [1.807, 2.05) is 0 Å². The Bertz CT molecular complexity index is 603. The van der Waals surface area contributed by atoms with Crippen LogP contribution in [0.5, 0.6) is 0 Å². The molecule has 2 N–H and O–H groups in total. The Hall–Kier alpha value is -1.92. The highest BCUT2D eigenvalue weighted by Gasteiger charge is 2.06. The van der Waals surface area contributed by atoms with Crippen LogP contribution < -0.4 is 10.6 Å². The number of carbonyl (C=O) groups is 1. The molecule has 5 nitrogen and oxygen atoms in total. The average molecular weight is 301 g/mol. The summed E-state index contributed by atoms with van der Waals surface area (Å²) in [6.45, 7) is 0. The SMILES string of the molecule is O=C(Nc1cc(Cl)nc(Cl)c1)Nc1cccc(F)n1. The van der Waals surface area contributed by atoms with Crippen molar-refractivity contribution in [2.24, 2.45) is 0 Å². The zero-order valence-electron chi connectivity index (χ0n) is 9.32. The lowest BCUT2D eigenvalue weighted by atomic mass is 10.4. The number of urea groups is 1. The Morgan fingerprint density at radius 3 is 2.42 bits per heavy atom. The zero-order chi connectivity index (χ0) is 13.8. The molecule has 0 saturated carbocycles. The maximum absolute atomic E-state index is 12.8. The molecular weight excluding hydrogens is 294 g/mol. The van der Waals surface area contributed by atoms with E-state index in [9.17, 15) is 9.18 Å². The second-order valence-corrected chi connectivity index (χ2v) is 4.20. The molecule has 2 amide bonds. The van der Waals surface area contributed by atoms with E-state index in [-0.39, 0.29) is 16.1 Å². The van der Waals surface area contributed by atoms with Crippen molar-refractivity contribution in [3.05, 3.63) is 46.6 Å². The Balaban J connectivity index is 2.05. The number of nitrogens with zero attached hydrogens (tertiary/aromatic N) is 2. The van der Waals surface area contributed by atoms with Gasteiger partial charge in [0.15, 0.2) is 0 Å². The van der Waals surface area contributed by atoms with Crippen molar-refractivity contribution >= 4 is 40.7 Å². The molecule has 0 aliphatic carbocycles. The fourth-order valence-corrected chi connectivity index (χ4v) is 1.75. The molecule has 0 saturated heterocycles. The summed E-state index contributed by atoms with van der Waals surface area (Å²) < 4.78 is 12.8. The minimum atomic E-state index is -0.687. The van der Waals surface area contributed by atoms with E-state index < -0.39 is 12.0 Å². The average Bonchev–Trinajstić information content (AvgIpc) is 2.26. The summed E-state index contributed by atoms with van der Waals surface area (Å²) >= 11 is 11.4. The van der Waals surface area contributed by atoms with Gasteiger partial charge in [0.05, 0.1) is 0 Å². The molecule has 8 heteroatoms. The van der Waals surface area contributed by atoms with E-state index >= 15 is 0 Å². The summed E-state index contributed by atoms with van der Waals surface area (Å²) in [4.78, 5) is 18.8. The standard InChI is InChI=1S/C11H7Cl2FN4O/c12-7-4-6(5-8(13)16-7)15-11(19)18-10-3-1-2-9(14)17-10/h1-5H,(H2,15,16,17,18,19). The number of rotatable bonds is 2. The van der Waals surface area contributed by atoms with Crippen molar-refractivity contribution in [3.63, 3.8) is 0 Å². The highest BCUT2D eigenvalue weighted by molar-refractivity contribution is 6.33. The first-order chi connectivity index (χ1) is 9.02. The highest BCUT2D eigenvalue weighted by atomic mass is 35.5. The van der Waals surface area contributed by atoms with E-state index in [0.717, 1.165) is 0 Å². The maximum atomic E-state index is 12.8. The number of hydrogen-bond acceptors (Lipinski definition) is 3. The van der Waals surface area contributed by atoms with Crippen LogP contribution in [0.3, 0.4) is 0 Å². The fourth-order valence-electron chi connectivity index (χ4n) is 1.29. The first-order valence-electron chi connectivity index (χ1n) is 5.06. The molecule has 2 rings (SSSR count). The van der Waals surface area contributed by atoms with Crippen molar-refractivity contribution in [2.45, 2.75) is 0 Å². The van der Waals surface area contributed by atoms with Crippen LogP contribution in [-0.2, 0) is 0 Å². The number of halogens is 3. The summed E-state index contributed by atoms with van der Waals surface area (Å²) in [5.41, 5.74) is 0.360. The van der Waals surface area contributed by atoms with Gasteiger partial charge in [-0.1, -0.05) is 29.3 Å². The second-order valence-electron chi connectivity index (χ2n) is 3.43. The van der Waals surface area contributed by atoms with Crippen LogP contribution in [0.2, 0.25) is 10.3 Å². The zero-order valence-corrected chi connectivity index (χ0v) is 10.8. The molecule has 0 aliphatic heterocycles. The van der Waals surface area contributed by atoms with Crippen molar-refractivity contribution in [1.82, 2.24) is 9.97 Å². The highest BCUT2D eigenvalue weighted by Crippen LogP contribution is 2.18. The normalized spacial score (nSPS) is 10.1.